The molecule has 1 aromatic rings. The van der Waals surface area contributed by atoms with Crippen LogP contribution in [-0.2, 0) is 4.74 Å². The zero-order valence-corrected chi connectivity index (χ0v) is 13.4. The molecule has 7 heteroatoms. The second-order valence-electron chi connectivity index (χ2n) is 3.96. The number of ether oxygens (including phenoxy) is 1. The van der Waals surface area contributed by atoms with E-state index in [4.69, 9.17) is 16.3 Å². The average Bonchev–Trinajstić information content (AvgIpc) is 2.33. The van der Waals surface area contributed by atoms with Crippen LogP contribution in [0.2, 0.25) is 0 Å². The van der Waals surface area contributed by atoms with Crippen molar-refractivity contribution in [3.8, 4) is 0 Å². The monoisotopic (exact) mass is 385 g/mol. The molecule has 0 spiro atoms. The van der Waals surface area contributed by atoms with E-state index in [0.717, 1.165) is 0 Å². The largest absolute Gasteiger partial charge is 0.378 e. The topological polar surface area (TPSA) is 58.2 Å². The predicted molar refractivity (Wildman–Crippen MR) is 81.6 cm³/mol. The van der Waals surface area contributed by atoms with Gasteiger partial charge in [0.05, 0.1) is 19.5 Å². The zero-order valence-electron chi connectivity index (χ0n) is 10.4. The van der Waals surface area contributed by atoms with Gasteiger partial charge in [0.25, 0.3) is 5.56 Å². The van der Waals surface area contributed by atoms with Gasteiger partial charge < -0.3 is 14.6 Å². The Morgan fingerprint density at radius 2 is 2.28 bits per heavy atom. The predicted octanol–water partition coefficient (Wildman–Crippen LogP) is 1.84. The van der Waals surface area contributed by atoms with Gasteiger partial charge in [0.2, 0.25) is 0 Å². The van der Waals surface area contributed by atoms with Crippen molar-refractivity contribution in [3.63, 3.8) is 0 Å². The van der Waals surface area contributed by atoms with Crippen LogP contribution in [0.4, 0.5) is 5.82 Å². The molecule has 0 saturated carbocycles. The SMILES string of the molecule is CC(C)N(CCOCCCl)c1nc[nH]c(=O)c1I. The van der Waals surface area contributed by atoms with Crippen LogP contribution >= 0.6 is 34.2 Å². The van der Waals surface area contributed by atoms with Gasteiger partial charge in [0.15, 0.2) is 0 Å². The molecule has 1 aromatic heterocycles. The van der Waals surface area contributed by atoms with E-state index in [1.165, 1.54) is 6.33 Å². The lowest BCUT2D eigenvalue weighted by atomic mass is 10.3. The number of alkyl halides is 1. The summed E-state index contributed by atoms with van der Waals surface area (Å²) in [5.74, 6) is 1.19. The minimum absolute atomic E-state index is 0.118. The Hall–Kier alpha value is -0.340. The highest BCUT2D eigenvalue weighted by Gasteiger charge is 2.16. The van der Waals surface area contributed by atoms with Crippen LogP contribution in [-0.4, -0.2) is 41.6 Å². The van der Waals surface area contributed by atoms with E-state index in [2.05, 4.69) is 23.8 Å². The Morgan fingerprint density at radius 3 is 2.89 bits per heavy atom. The molecular weight excluding hydrogens is 368 g/mol. The van der Waals surface area contributed by atoms with Crippen LogP contribution in [0.3, 0.4) is 0 Å². The third kappa shape index (κ3) is 4.40. The Balaban J connectivity index is 2.78. The van der Waals surface area contributed by atoms with E-state index < -0.39 is 0 Å². The third-order valence-corrected chi connectivity index (χ3v) is 3.50. The van der Waals surface area contributed by atoms with Gasteiger partial charge in [-0.1, -0.05) is 0 Å². The van der Waals surface area contributed by atoms with E-state index in [0.29, 0.717) is 35.0 Å². The molecule has 0 aromatic carbocycles. The molecule has 0 radical (unpaired) electrons. The smallest absolute Gasteiger partial charge is 0.266 e. The summed E-state index contributed by atoms with van der Waals surface area (Å²) in [6, 6.07) is 0.243. The minimum Gasteiger partial charge on any atom is -0.378 e. The number of H-pyrrole nitrogens is 1. The fourth-order valence-electron chi connectivity index (χ4n) is 1.50. The number of hydrogen-bond donors (Lipinski definition) is 1. The summed E-state index contributed by atoms with van der Waals surface area (Å²) in [6.07, 6.45) is 1.43. The molecule has 0 fully saturated rings. The van der Waals surface area contributed by atoms with Crippen LogP contribution in [0.5, 0.6) is 0 Å². The first-order valence-electron chi connectivity index (χ1n) is 5.71. The van der Waals surface area contributed by atoms with E-state index in [-0.39, 0.29) is 11.6 Å². The maximum Gasteiger partial charge on any atom is 0.266 e. The van der Waals surface area contributed by atoms with Crippen LogP contribution in [0, 0.1) is 3.57 Å². The first-order chi connectivity index (χ1) is 8.57. The first kappa shape index (κ1) is 15.7. The second kappa shape index (κ2) is 7.96. The number of aromatic nitrogens is 2. The lowest BCUT2D eigenvalue weighted by Crippen LogP contribution is -2.36. The molecule has 0 aliphatic rings. The van der Waals surface area contributed by atoms with Crippen molar-refractivity contribution in [2.75, 3.05) is 30.5 Å². The molecule has 5 nitrogen and oxygen atoms in total. The van der Waals surface area contributed by atoms with Crippen LogP contribution in [0.15, 0.2) is 11.1 Å². The normalized spacial score (nSPS) is 10.9. The van der Waals surface area contributed by atoms with Crippen molar-refractivity contribution >= 4 is 40.0 Å². The third-order valence-electron chi connectivity index (χ3n) is 2.37. The molecule has 0 bridgehead atoms. The fourth-order valence-corrected chi connectivity index (χ4v) is 2.22. The highest BCUT2D eigenvalue weighted by molar-refractivity contribution is 14.1. The van der Waals surface area contributed by atoms with Gasteiger partial charge >= 0.3 is 0 Å². The van der Waals surface area contributed by atoms with Crippen LogP contribution in [0.25, 0.3) is 0 Å². The Labute approximate surface area is 125 Å². The number of nitrogens with zero attached hydrogens (tertiary/aromatic N) is 2. The van der Waals surface area contributed by atoms with Crippen LogP contribution < -0.4 is 10.5 Å². The summed E-state index contributed by atoms with van der Waals surface area (Å²) in [6.45, 7) is 5.89. The molecule has 0 unspecified atom stereocenters. The van der Waals surface area contributed by atoms with Crippen molar-refractivity contribution in [1.82, 2.24) is 9.97 Å². The Bertz CT molecular complexity index is 425. The van der Waals surface area contributed by atoms with Crippen molar-refractivity contribution in [1.29, 1.82) is 0 Å². The molecular formula is C11H17ClIN3O2. The maximum atomic E-state index is 11.6. The molecule has 1 rings (SSSR count). The maximum absolute atomic E-state index is 11.6. The molecule has 102 valence electrons. The number of hydrogen-bond acceptors (Lipinski definition) is 4. The van der Waals surface area contributed by atoms with Gasteiger partial charge in [-0.05, 0) is 36.4 Å². The summed E-state index contributed by atoms with van der Waals surface area (Å²) in [5, 5.41) is 0. The van der Waals surface area contributed by atoms with E-state index >= 15 is 0 Å². The van der Waals surface area contributed by atoms with E-state index in [1.807, 2.05) is 27.5 Å². The number of anilines is 1. The molecule has 18 heavy (non-hydrogen) atoms. The summed E-state index contributed by atoms with van der Waals surface area (Å²) in [4.78, 5) is 20.4. The van der Waals surface area contributed by atoms with Gasteiger partial charge in [-0.3, -0.25) is 4.79 Å². The van der Waals surface area contributed by atoms with Crippen molar-refractivity contribution in [3.05, 3.63) is 20.3 Å². The fraction of sp³-hybridized carbons (Fsp3) is 0.636. The summed E-state index contributed by atoms with van der Waals surface area (Å²) in [5.41, 5.74) is -0.118. The average molecular weight is 386 g/mol. The molecule has 0 amide bonds. The van der Waals surface area contributed by atoms with Gasteiger partial charge in [-0.2, -0.15) is 0 Å². The molecule has 0 saturated heterocycles. The van der Waals surface area contributed by atoms with Crippen LogP contribution in [0.1, 0.15) is 13.8 Å². The quantitative estimate of drug-likeness (QED) is 0.442. The van der Waals surface area contributed by atoms with Gasteiger partial charge in [-0.15, -0.1) is 11.6 Å². The second-order valence-corrected chi connectivity index (χ2v) is 5.41. The molecule has 1 heterocycles. The minimum atomic E-state index is -0.118. The molecule has 0 atom stereocenters. The molecule has 0 aliphatic heterocycles. The summed E-state index contributed by atoms with van der Waals surface area (Å²) >= 11 is 7.56. The summed E-state index contributed by atoms with van der Waals surface area (Å²) in [7, 11) is 0. The number of aromatic amines is 1. The van der Waals surface area contributed by atoms with Crippen molar-refractivity contribution < 1.29 is 4.74 Å². The number of rotatable bonds is 7. The lowest BCUT2D eigenvalue weighted by molar-refractivity contribution is 0.154. The van der Waals surface area contributed by atoms with Crippen molar-refractivity contribution in [2.24, 2.45) is 0 Å². The van der Waals surface area contributed by atoms with E-state index in [1.54, 1.807) is 0 Å². The zero-order chi connectivity index (χ0) is 13.5. The first-order valence-corrected chi connectivity index (χ1v) is 7.32. The van der Waals surface area contributed by atoms with Gasteiger partial charge in [0.1, 0.15) is 9.39 Å². The Kier molecular flexibility index (Phi) is 6.95. The highest BCUT2D eigenvalue weighted by atomic mass is 127. The van der Waals surface area contributed by atoms with Crippen molar-refractivity contribution in [2.45, 2.75) is 19.9 Å². The van der Waals surface area contributed by atoms with E-state index in [9.17, 15) is 4.79 Å². The highest BCUT2D eigenvalue weighted by Crippen LogP contribution is 2.17. The molecule has 0 aliphatic carbocycles. The molecule has 1 N–H and O–H groups in total. The summed E-state index contributed by atoms with van der Waals surface area (Å²) < 4.78 is 5.96. The Morgan fingerprint density at radius 1 is 1.56 bits per heavy atom. The van der Waals surface area contributed by atoms with Gasteiger partial charge in [0, 0.05) is 18.5 Å². The number of halogens is 2. The van der Waals surface area contributed by atoms with Gasteiger partial charge in [-0.25, -0.2) is 4.98 Å². The lowest BCUT2D eigenvalue weighted by Gasteiger charge is -2.28. The number of nitrogens with one attached hydrogen (secondary N) is 1. The standard InChI is InChI=1S/C11H17ClIN3O2/c1-8(2)16(4-6-18-5-3-12)10-9(13)11(17)15-7-14-10/h7-8H,3-6H2,1-2H3,(H,14,15,17).